The fourth-order valence-electron chi connectivity index (χ4n) is 2.65. The van der Waals surface area contributed by atoms with Gasteiger partial charge in [0.15, 0.2) is 0 Å². The second-order valence-electron chi connectivity index (χ2n) is 5.57. The monoisotopic (exact) mass is 420 g/mol. The van der Waals surface area contributed by atoms with Gasteiger partial charge in [-0.3, -0.25) is 20.2 Å². The molecule has 0 aliphatic rings. The SMILES string of the molecule is O=C(O)c1cc(C(=O)O)c(-c2c(C(=O)O)cc(C(=O)O)cc2[N+](=O)[O-])c([N+](=O)[O-])c1. The second-order valence-corrected chi connectivity index (χ2v) is 5.57. The molecule has 14 nitrogen and oxygen atoms in total. The molecular weight excluding hydrogens is 412 g/mol. The van der Waals surface area contributed by atoms with Gasteiger partial charge in [-0.1, -0.05) is 0 Å². The van der Waals surface area contributed by atoms with E-state index in [1.807, 2.05) is 0 Å². The van der Waals surface area contributed by atoms with E-state index in [1.54, 1.807) is 0 Å². The molecule has 0 saturated heterocycles. The number of carbonyl (C=O) groups is 4. The van der Waals surface area contributed by atoms with Gasteiger partial charge in [0, 0.05) is 12.1 Å². The molecule has 4 N–H and O–H groups in total. The predicted molar refractivity (Wildman–Crippen MR) is 93.0 cm³/mol. The molecule has 30 heavy (non-hydrogen) atoms. The topological polar surface area (TPSA) is 235 Å². The molecule has 0 radical (unpaired) electrons. The number of nitro benzene ring substituents is 2. The van der Waals surface area contributed by atoms with Crippen LogP contribution in [-0.2, 0) is 0 Å². The first kappa shape index (κ1) is 21.4. The maximum absolute atomic E-state index is 11.7. The maximum atomic E-state index is 11.7. The maximum Gasteiger partial charge on any atom is 0.336 e. The first-order valence-electron chi connectivity index (χ1n) is 7.45. The Labute approximate surface area is 163 Å². The number of hydrogen-bond donors (Lipinski definition) is 4. The van der Waals surface area contributed by atoms with Crippen LogP contribution >= 0.6 is 0 Å². The van der Waals surface area contributed by atoms with Crippen LogP contribution in [0.1, 0.15) is 41.4 Å². The third-order valence-electron chi connectivity index (χ3n) is 3.83. The molecule has 0 heterocycles. The number of nitro groups is 2. The van der Waals surface area contributed by atoms with Gasteiger partial charge in [0.25, 0.3) is 11.4 Å². The predicted octanol–water partition coefficient (Wildman–Crippen LogP) is 1.96. The third kappa shape index (κ3) is 3.72. The van der Waals surface area contributed by atoms with Crippen molar-refractivity contribution in [2.75, 3.05) is 0 Å². The largest absolute Gasteiger partial charge is 0.478 e. The zero-order valence-electron chi connectivity index (χ0n) is 14.3. The van der Waals surface area contributed by atoms with Crippen molar-refractivity contribution in [2.24, 2.45) is 0 Å². The lowest BCUT2D eigenvalue weighted by Crippen LogP contribution is -2.12. The fourth-order valence-corrected chi connectivity index (χ4v) is 2.65. The zero-order valence-corrected chi connectivity index (χ0v) is 14.3. The van der Waals surface area contributed by atoms with Crippen molar-refractivity contribution in [1.82, 2.24) is 0 Å². The molecule has 2 aromatic carbocycles. The van der Waals surface area contributed by atoms with Gasteiger partial charge in [-0.25, -0.2) is 19.2 Å². The summed E-state index contributed by atoms with van der Waals surface area (Å²) in [5.74, 6) is -7.38. The Balaban J connectivity index is 3.21. The van der Waals surface area contributed by atoms with Crippen LogP contribution < -0.4 is 0 Å². The molecule has 0 amide bonds. The van der Waals surface area contributed by atoms with Crippen molar-refractivity contribution in [3.63, 3.8) is 0 Å². The van der Waals surface area contributed by atoms with Crippen LogP contribution in [0, 0.1) is 20.2 Å². The summed E-state index contributed by atoms with van der Waals surface area (Å²) < 4.78 is 0. The van der Waals surface area contributed by atoms with Crippen molar-refractivity contribution >= 4 is 35.3 Å². The van der Waals surface area contributed by atoms with Crippen LogP contribution in [0.25, 0.3) is 11.1 Å². The van der Waals surface area contributed by atoms with E-state index in [1.165, 1.54) is 0 Å². The van der Waals surface area contributed by atoms with E-state index >= 15 is 0 Å². The van der Waals surface area contributed by atoms with Gasteiger partial charge in [0.1, 0.15) is 0 Å². The third-order valence-corrected chi connectivity index (χ3v) is 3.83. The quantitative estimate of drug-likeness (QED) is 0.371. The van der Waals surface area contributed by atoms with Crippen molar-refractivity contribution in [1.29, 1.82) is 0 Å². The molecule has 0 aliphatic carbocycles. The zero-order chi connectivity index (χ0) is 22.9. The Bertz CT molecular complexity index is 1010. The smallest absolute Gasteiger partial charge is 0.336 e. The van der Waals surface area contributed by atoms with E-state index in [0.717, 1.165) is 0 Å². The summed E-state index contributed by atoms with van der Waals surface area (Å²) >= 11 is 0. The summed E-state index contributed by atoms with van der Waals surface area (Å²) in [4.78, 5) is 66.2. The molecule has 14 heteroatoms. The van der Waals surface area contributed by atoms with Gasteiger partial charge in [-0.15, -0.1) is 0 Å². The first-order valence-corrected chi connectivity index (χ1v) is 7.45. The minimum atomic E-state index is -1.94. The number of benzene rings is 2. The molecule has 2 aromatic rings. The van der Waals surface area contributed by atoms with Gasteiger partial charge < -0.3 is 20.4 Å². The number of rotatable bonds is 7. The molecule has 0 aliphatic heterocycles. The Morgan fingerprint density at radius 2 is 0.900 bits per heavy atom. The number of hydrogen-bond acceptors (Lipinski definition) is 8. The highest BCUT2D eigenvalue weighted by Crippen LogP contribution is 2.42. The van der Waals surface area contributed by atoms with Gasteiger partial charge in [0.2, 0.25) is 0 Å². The van der Waals surface area contributed by atoms with Crippen LogP contribution in [-0.4, -0.2) is 54.1 Å². The van der Waals surface area contributed by atoms with E-state index in [0.29, 0.717) is 24.3 Å². The van der Waals surface area contributed by atoms with Crippen molar-refractivity contribution in [3.8, 4) is 11.1 Å². The normalized spacial score (nSPS) is 10.3. The summed E-state index contributed by atoms with van der Waals surface area (Å²) in [6, 6.07) is 1.75. The summed E-state index contributed by atoms with van der Waals surface area (Å²) in [7, 11) is 0. The molecule has 0 atom stereocenters. The van der Waals surface area contributed by atoms with E-state index in [9.17, 15) is 49.6 Å². The number of carboxylic acid groups (broad SMARTS) is 4. The van der Waals surface area contributed by atoms with Gasteiger partial charge in [-0.2, -0.15) is 0 Å². The molecule has 0 spiro atoms. The van der Waals surface area contributed by atoms with E-state index < -0.39 is 78.5 Å². The summed E-state index contributed by atoms with van der Waals surface area (Å²) in [5.41, 5.74) is -8.47. The minimum Gasteiger partial charge on any atom is -0.478 e. The summed E-state index contributed by atoms with van der Waals surface area (Å²) in [6.45, 7) is 0. The number of nitrogens with zero attached hydrogens (tertiary/aromatic N) is 2. The molecular formula is C16H8N2O12. The number of aromatic carboxylic acids is 4. The van der Waals surface area contributed by atoms with Crippen LogP contribution in [0.2, 0.25) is 0 Å². The standard InChI is InChI=1S/C16H8N2O12/c19-13(20)5-1-7(15(23)24)11(9(3-5)17(27)28)12-8(16(25)26)2-6(14(21)22)4-10(12)18(29)30/h1-4H,(H,19,20)(H,21,22)(H,23,24)(H,25,26). The molecule has 154 valence electrons. The minimum absolute atomic E-state index is 0.407. The van der Waals surface area contributed by atoms with Crippen molar-refractivity contribution in [2.45, 2.75) is 0 Å². The average molecular weight is 420 g/mol. The fraction of sp³-hybridized carbons (Fsp3) is 0. The Morgan fingerprint density at radius 3 is 1.10 bits per heavy atom. The van der Waals surface area contributed by atoms with E-state index in [2.05, 4.69) is 0 Å². The first-order chi connectivity index (χ1) is 13.9. The molecule has 2 rings (SSSR count). The molecule has 0 bridgehead atoms. The van der Waals surface area contributed by atoms with E-state index in [4.69, 9.17) is 10.2 Å². The Kier molecular flexibility index (Phi) is 5.44. The molecule has 0 unspecified atom stereocenters. The number of carboxylic acids is 4. The van der Waals surface area contributed by atoms with E-state index in [-0.39, 0.29) is 0 Å². The van der Waals surface area contributed by atoms with Gasteiger partial charge in [0.05, 0.1) is 43.2 Å². The van der Waals surface area contributed by atoms with Crippen molar-refractivity contribution in [3.05, 3.63) is 66.7 Å². The highest BCUT2D eigenvalue weighted by atomic mass is 16.6. The Hall–Kier alpha value is -4.88. The van der Waals surface area contributed by atoms with Gasteiger partial charge in [-0.05, 0) is 12.1 Å². The van der Waals surface area contributed by atoms with Crippen molar-refractivity contribution < 1.29 is 49.5 Å². The Morgan fingerprint density at radius 1 is 0.600 bits per heavy atom. The molecule has 0 fully saturated rings. The molecule has 0 aromatic heterocycles. The second kappa shape index (κ2) is 7.63. The summed E-state index contributed by atoms with van der Waals surface area (Å²) in [5, 5.41) is 59.9. The van der Waals surface area contributed by atoms with Crippen LogP contribution in [0.5, 0.6) is 0 Å². The van der Waals surface area contributed by atoms with Crippen LogP contribution in [0.4, 0.5) is 11.4 Å². The highest BCUT2D eigenvalue weighted by Gasteiger charge is 2.35. The molecule has 0 saturated carbocycles. The average Bonchev–Trinajstić information content (AvgIpc) is 2.65. The highest BCUT2D eigenvalue weighted by molar-refractivity contribution is 6.09. The summed E-state index contributed by atoms with van der Waals surface area (Å²) in [6.07, 6.45) is 0. The van der Waals surface area contributed by atoms with Crippen LogP contribution in [0.15, 0.2) is 24.3 Å². The lowest BCUT2D eigenvalue weighted by Gasteiger charge is -2.13. The lowest BCUT2D eigenvalue weighted by molar-refractivity contribution is -0.386. The lowest BCUT2D eigenvalue weighted by atomic mass is 9.89. The van der Waals surface area contributed by atoms with Gasteiger partial charge >= 0.3 is 23.9 Å². The van der Waals surface area contributed by atoms with Crippen LogP contribution in [0.3, 0.4) is 0 Å².